The molecule has 0 aromatic carbocycles. The molecule has 0 unspecified atom stereocenters. The summed E-state index contributed by atoms with van der Waals surface area (Å²) in [5.41, 5.74) is 0. The van der Waals surface area contributed by atoms with Gasteiger partial charge in [-0.15, -0.1) is 0 Å². The molecule has 1 N–H and O–H groups in total. The predicted molar refractivity (Wildman–Crippen MR) is 81.5 cm³/mol. The SMILES string of the molecule is CCCCCCCCOC(=O)CCCCCNC(C)=O. The van der Waals surface area contributed by atoms with E-state index in [0.717, 1.165) is 32.1 Å². The number of carbonyl (C=O) groups is 2. The number of esters is 1. The molecular weight excluding hydrogens is 254 g/mol. The number of hydrogen-bond donors (Lipinski definition) is 1. The molecule has 0 aliphatic rings. The lowest BCUT2D eigenvalue weighted by atomic mass is 10.1. The molecule has 0 aliphatic heterocycles. The molecule has 0 spiro atoms. The first-order valence-electron chi connectivity index (χ1n) is 8.07. The number of amides is 1. The van der Waals surface area contributed by atoms with E-state index in [1.807, 2.05) is 0 Å². The van der Waals surface area contributed by atoms with E-state index < -0.39 is 0 Å². The summed E-state index contributed by atoms with van der Waals surface area (Å²) in [6, 6.07) is 0. The quantitative estimate of drug-likeness (QED) is 0.415. The van der Waals surface area contributed by atoms with Crippen LogP contribution in [0.4, 0.5) is 0 Å². The Bertz CT molecular complexity index is 254. The molecule has 0 aromatic heterocycles. The first-order valence-corrected chi connectivity index (χ1v) is 8.07. The molecule has 0 bridgehead atoms. The van der Waals surface area contributed by atoms with Gasteiger partial charge in [-0.1, -0.05) is 45.4 Å². The Morgan fingerprint density at radius 3 is 2.25 bits per heavy atom. The Balaban J connectivity index is 3.19. The number of ether oxygens (including phenoxy) is 1. The van der Waals surface area contributed by atoms with E-state index in [1.54, 1.807) is 0 Å². The van der Waals surface area contributed by atoms with Crippen molar-refractivity contribution in [2.75, 3.05) is 13.2 Å². The first-order chi connectivity index (χ1) is 9.66. The van der Waals surface area contributed by atoms with E-state index in [9.17, 15) is 9.59 Å². The first kappa shape index (κ1) is 18.9. The summed E-state index contributed by atoms with van der Waals surface area (Å²) in [5.74, 6) is -0.0820. The molecule has 0 heterocycles. The van der Waals surface area contributed by atoms with Crippen molar-refractivity contribution in [1.82, 2.24) is 5.32 Å². The minimum absolute atomic E-state index is 0.00310. The van der Waals surface area contributed by atoms with Gasteiger partial charge >= 0.3 is 5.97 Å². The maximum atomic E-state index is 11.4. The van der Waals surface area contributed by atoms with Crippen molar-refractivity contribution in [3.8, 4) is 0 Å². The van der Waals surface area contributed by atoms with E-state index in [4.69, 9.17) is 4.74 Å². The number of carbonyl (C=O) groups excluding carboxylic acids is 2. The van der Waals surface area contributed by atoms with Gasteiger partial charge in [0.05, 0.1) is 6.61 Å². The standard InChI is InChI=1S/C16H31NO3/c1-3-4-5-6-7-11-14-20-16(19)12-9-8-10-13-17-15(2)18/h3-14H2,1-2H3,(H,17,18). The number of nitrogens with one attached hydrogen (secondary N) is 1. The summed E-state index contributed by atoms with van der Waals surface area (Å²) in [4.78, 5) is 22.1. The van der Waals surface area contributed by atoms with Crippen molar-refractivity contribution in [1.29, 1.82) is 0 Å². The molecular formula is C16H31NO3. The van der Waals surface area contributed by atoms with E-state index in [1.165, 1.54) is 32.6 Å². The molecule has 0 fully saturated rings. The third kappa shape index (κ3) is 15.0. The maximum Gasteiger partial charge on any atom is 0.305 e. The van der Waals surface area contributed by atoms with Crippen molar-refractivity contribution in [3.63, 3.8) is 0 Å². The van der Waals surface area contributed by atoms with Crippen LogP contribution >= 0.6 is 0 Å². The van der Waals surface area contributed by atoms with Crippen molar-refractivity contribution < 1.29 is 14.3 Å². The highest BCUT2D eigenvalue weighted by atomic mass is 16.5. The van der Waals surface area contributed by atoms with E-state index in [2.05, 4.69) is 12.2 Å². The molecule has 0 saturated heterocycles. The molecule has 0 rings (SSSR count). The van der Waals surface area contributed by atoms with Crippen molar-refractivity contribution in [2.45, 2.75) is 78.1 Å². The highest BCUT2D eigenvalue weighted by Gasteiger charge is 2.02. The summed E-state index contributed by atoms with van der Waals surface area (Å²) < 4.78 is 5.18. The lowest BCUT2D eigenvalue weighted by molar-refractivity contribution is -0.143. The molecule has 0 aromatic rings. The number of rotatable bonds is 13. The molecule has 0 aliphatic carbocycles. The summed E-state index contributed by atoms with van der Waals surface area (Å²) >= 11 is 0. The van der Waals surface area contributed by atoms with E-state index >= 15 is 0 Å². The fourth-order valence-corrected chi connectivity index (χ4v) is 1.98. The summed E-state index contributed by atoms with van der Waals surface area (Å²) in [7, 11) is 0. The van der Waals surface area contributed by atoms with Gasteiger partial charge in [-0.3, -0.25) is 9.59 Å². The van der Waals surface area contributed by atoms with Crippen LogP contribution in [0.5, 0.6) is 0 Å². The van der Waals surface area contributed by atoms with Gasteiger partial charge in [0.15, 0.2) is 0 Å². The Hall–Kier alpha value is -1.06. The zero-order valence-electron chi connectivity index (χ0n) is 13.2. The van der Waals surface area contributed by atoms with Crippen LogP contribution in [0.1, 0.15) is 78.1 Å². The number of unbranched alkanes of at least 4 members (excludes halogenated alkanes) is 7. The second kappa shape index (κ2) is 14.4. The van der Waals surface area contributed by atoms with Crippen LogP contribution in [0.2, 0.25) is 0 Å². The third-order valence-corrected chi connectivity index (χ3v) is 3.19. The van der Waals surface area contributed by atoms with Gasteiger partial charge in [-0.25, -0.2) is 0 Å². The zero-order valence-corrected chi connectivity index (χ0v) is 13.2. The monoisotopic (exact) mass is 285 g/mol. The van der Waals surface area contributed by atoms with Gasteiger partial charge in [0, 0.05) is 19.9 Å². The van der Waals surface area contributed by atoms with Gasteiger partial charge in [0.25, 0.3) is 0 Å². The van der Waals surface area contributed by atoms with Crippen molar-refractivity contribution in [2.24, 2.45) is 0 Å². The molecule has 118 valence electrons. The Morgan fingerprint density at radius 2 is 1.55 bits per heavy atom. The van der Waals surface area contributed by atoms with Crippen LogP contribution in [0, 0.1) is 0 Å². The topological polar surface area (TPSA) is 55.4 Å². The van der Waals surface area contributed by atoms with Crippen molar-refractivity contribution >= 4 is 11.9 Å². The Morgan fingerprint density at radius 1 is 0.900 bits per heavy atom. The van der Waals surface area contributed by atoms with Crippen LogP contribution < -0.4 is 5.32 Å². The lowest BCUT2D eigenvalue weighted by Crippen LogP contribution is -2.20. The Labute approximate surface area is 123 Å². The normalized spacial score (nSPS) is 10.3. The molecule has 0 atom stereocenters. The average Bonchev–Trinajstić information content (AvgIpc) is 2.41. The van der Waals surface area contributed by atoms with E-state index in [0.29, 0.717) is 19.6 Å². The minimum atomic E-state index is -0.0851. The number of hydrogen-bond acceptors (Lipinski definition) is 3. The minimum Gasteiger partial charge on any atom is -0.466 e. The fraction of sp³-hybridized carbons (Fsp3) is 0.875. The highest BCUT2D eigenvalue weighted by molar-refractivity contribution is 5.72. The molecule has 20 heavy (non-hydrogen) atoms. The van der Waals surface area contributed by atoms with Gasteiger partial charge < -0.3 is 10.1 Å². The van der Waals surface area contributed by atoms with Crippen LogP contribution in [-0.2, 0) is 14.3 Å². The van der Waals surface area contributed by atoms with Crippen molar-refractivity contribution in [3.05, 3.63) is 0 Å². The molecule has 1 amide bonds. The lowest BCUT2D eigenvalue weighted by Gasteiger charge is -2.05. The summed E-state index contributed by atoms with van der Waals surface area (Å²) in [6.07, 6.45) is 10.5. The van der Waals surface area contributed by atoms with E-state index in [-0.39, 0.29) is 11.9 Å². The van der Waals surface area contributed by atoms with Crippen LogP contribution in [0.3, 0.4) is 0 Å². The van der Waals surface area contributed by atoms with Crippen LogP contribution in [-0.4, -0.2) is 25.0 Å². The van der Waals surface area contributed by atoms with Crippen LogP contribution in [0.25, 0.3) is 0 Å². The Kier molecular flexibility index (Phi) is 13.6. The van der Waals surface area contributed by atoms with Gasteiger partial charge in [-0.05, 0) is 19.3 Å². The molecule has 4 nitrogen and oxygen atoms in total. The summed E-state index contributed by atoms with van der Waals surface area (Å²) in [6.45, 7) is 4.98. The van der Waals surface area contributed by atoms with Gasteiger partial charge in [-0.2, -0.15) is 0 Å². The fourth-order valence-electron chi connectivity index (χ4n) is 1.98. The van der Waals surface area contributed by atoms with Gasteiger partial charge in [0.2, 0.25) is 5.91 Å². The van der Waals surface area contributed by atoms with Crippen LogP contribution in [0.15, 0.2) is 0 Å². The second-order valence-corrected chi connectivity index (χ2v) is 5.28. The molecule has 0 radical (unpaired) electrons. The van der Waals surface area contributed by atoms with Gasteiger partial charge in [0.1, 0.15) is 0 Å². The molecule has 0 saturated carbocycles. The maximum absolute atomic E-state index is 11.4. The zero-order chi connectivity index (χ0) is 15.1. The third-order valence-electron chi connectivity index (χ3n) is 3.19. The highest BCUT2D eigenvalue weighted by Crippen LogP contribution is 2.06. The largest absolute Gasteiger partial charge is 0.466 e. The molecule has 4 heteroatoms. The average molecular weight is 285 g/mol. The predicted octanol–water partition coefficient (Wildman–Crippen LogP) is 3.59. The smallest absolute Gasteiger partial charge is 0.305 e. The second-order valence-electron chi connectivity index (χ2n) is 5.28. The summed E-state index contributed by atoms with van der Waals surface area (Å²) in [5, 5.41) is 2.74.